The van der Waals surface area contributed by atoms with E-state index < -0.39 is 0 Å². The number of benzene rings is 2. The Morgan fingerprint density at radius 1 is 1.24 bits per heavy atom. The Morgan fingerprint density at radius 3 is 2.62 bits per heavy atom. The molecule has 0 aliphatic rings. The predicted molar refractivity (Wildman–Crippen MR) is 83.2 cm³/mol. The van der Waals surface area contributed by atoms with E-state index >= 15 is 0 Å². The van der Waals surface area contributed by atoms with Crippen molar-refractivity contribution in [2.45, 2.75) is 6.92 Å². The molecule has 0 spiro atoms. The first-order valence-corrected chi connectivity index (χ1v) is 6.49. The third-order valence-electron chi connectivity index (χ3n) is 2.80. The van der Waals surface area contributed by atoms with Gasteiger partial charge in [0.2, 0.25) is 0 Å². The third-order valence-corrected chi connectivity index (χ3v) is 2.80. The van der Waals surface area contributed by atoms with Crippen molar-refractivity contribution in [1.82, 2.24) is 0 Å². The monoisotopic (exact) mass is 280 g/mol. The molecule has 0 atom stereocenters. The molecule has 106 valence electrons. The van der Waals surface area contributed by atoms with Gasteiger partial charge in [-0.25, -0.2) is 0 Å². The number of nitrogens with one attached hydrogen (secondary N) is 1. The van der Waals surface area contributed by atoms with Crippen LogP contribution in [0, 0.1) is 18.8 Å². The van der Waals surface area contributed by atoms with Crippen molar-refractivity contribution in [2.24, 2.45) is 5.73 Å². The van der Waals surface area contributed by atoms with Crippen LogP contribution >= 0.6 is 0 Å². The number of rotatable bonds is 2. The zero-order valence-electron chi connectivity index (χ0n) is 11.7. The summed E-state index contributed by atoms with van der Waals surface area (Å²) >= 11 is 0. The Hall–Kier alpha value is -2.77. The molecular weight excluding hydrogens is 264 g/mol. The van der Waals surface area contributed by atoms with Gasteiger partial charge in [-0.2, -0.15) is 0 Å². The molecule has 21 heavy (non-hydrogen) atoms. The van der Waals surface area contributed by atoms with E-state index in [0.29, 0.717) is 17.8 Å². The minimum absolute atomic E-state index is 0.126. The van der Waals surface area contributed by atoms with E-state index in [-0.39, 0.29) is 11.7 Å². The number of aryl methyl sites for hydroxylation is 1. The molecule has 0 heterocycles. The number of nitrogens with two attached hydrogens (primary N) is 1. The second-order valence-electron chi connectivity index (χ2n) is 4.59. The maximum Gasteiger partial charge on any atom is 0.255 e. The minimum atomic E-state index is -0.238. The third kappa shape index (κ3) is 4.10. The van der Waals surface area contributed by atoms with Gasteiger partial charge in [-0.15, -0.1) is 0 Å². The van der Waals surface area contributed by atoms with Crippen molar-refractivity contribution in [3.63, 3.8) is 0 Å². The smallest absolute Gasteiger partial charge is 0.255 e. The van der Waals surface area contributed by atoms with Crippen LogP contribution in [0.3, 0.4) is 0 Å². The Balaban J connectivity index is 2.20. The van der Waals surface area contributed by atoms with Crippen LogP contribution in [0.25, 0.3) is 0 Å². The minimum Gasteiger partial charge on any atom is -0.508 e. The van der Waals surface area contributed by atoms with Crippen LogP contribution < -0.4 is 11.1 Å². The molecule has 1 amide bonds. The largest absolute Gasteiger partial charge is 0.508 e. The first-order valence-electron chi connectivity index (χ1n) is 6.49. The van der Waals surface area contributed by atoms with Crippen LogP contribution in [0.1, 0.15) is 21.5 Å². The Bertz CT molecular complexity index is 710. The zero-order chi connectivity index (χ0) is 15.2. The highest BCUT2D eigenvalue weighted by atomic mass is 16.3. The van der Waals surface area contributed by atoms with Crippen molar-refractivity contribution in [1.29, 1.82) is 0 Å². The summed E-state index contributed by atoms with van der Waals surface area (Å²) < 4.78 is 0. The van der Waals surface area contributed by atoms with E-state index in [2.05, 4.69) is 17.2 Å². The molecule has 4 heteroatoms. The molecule has 0 unspecified atom stereocenters. The van der Waals surface area contributed by atoms with Crippen LogP contribution in [0.15, 0.2) is 42.5 Å². The topological polar surface area (TPSA) is 75.3 Å². The number of hydrogen-bond acceptors (Lipinski definition) is 3. The van der Waals surface area contributed by atoms with Gasteiger partial charge in [-0.05, 0) is 55.0 Å². The molecule has 2 aromatic carbocycles. The molecule has 0 aliphatic carbocycles. The zero-order valence-corrected chi connectivity index (χ0v) is 11.7. The number of hydrogen-bond donors (Lipinski definition) is 3. The maximum atomic E-state index is 12.1. The molecule has 0 radical (unpaired) electrons. The molecule has 4 N–H and O–H groups in total. The summed E-state index contributed by atoms with van der Waals surface area (Å²) in [7, 11) is 0. The van der Waals surface area contributed by atoms with Gasteiger partial charge in [0, 0.05) is 16.8 Å². The van der Waals surface area contributed by atoms with Crippen LogP contribution in [-0.2, 0) is 0 Å². The van der Waals surface area contributed by atoms with Crippen LogP contribution in [0.5, 0.6) is 5.75 Å². The highest BCUT2D eigenvalue weighted by Gasteiger charge is 2.06. The molecule has 4 nitrogen and oxygen atoms in total. The van der Waals surface area contributed by atoms with E-state index in [0.717, 1.165) is 11.1 Å². The molecule has 2 rings (SSSR count). The first-order chi connectivity index (χ1) is 10.1. The van der Waals surface area contributed by atoms with Crippen LogP contribution in [0.4, 0.5) is 5.69 Å². The van der Waals surface area contributed by atoms with E-state index in [1.807, 2.05) is 19.1 Å². The molecule has 0 saturated heterocycles. The molecule has 2 aromatic rings. The van der Waals surface area contributed by atoms with Crippen molar-refractivity contribution in [2.75, 3.05) is 11.9 Å². The summed E-state index contributed by atoms with van der Waals surface area (Å²) in [4.78, 5) is 12.1. The van der Waals surface area contributed by atoms with Crippen molar-refractivity contribution < 1.29 is 9.90 Å². The highest BCUT2D eigenvalue weighted by molar-refractivity contribution is 6.04. The fourth-order valence-corrected chi connectivity index (χ4v) is 1.90. The average molecular weight is 280 g/mol. The van der Waals surface area contributed by atoms with E-state index in [9.17, 15) is 9.90 Å². The quantitative estimate of drug-likeness (QED) is 0.739. The lowest BCUT2D eigenvalue weighted by Gasteiger charge is -2.07. The second-order valence-corrected chi connectivity index (χ2v) is 4.59. The summed E-state index contributed by atoms with van der Waals surface area (Å²) in [6, 6.07) is 11.7. The van der Waals surface area contributed by atoms with Gasteiger partial charge >= 0.3 is 0 Å². The molecule has 0 fully saturated rings. The molecule has 0 bridgehead atoms. The maximum absolute atomic E-state index is 12.1. The Morgan fingerprint density at radius 2 is 1.95 bits per heavy atom. The predicted octanol–water partition coefficient (Wildman–Crippen LogP) is 2.26. The van der Waals surface area contributed by atoms with Crippen molar-refractivity contribution >= 4 is 11.6 Å². The SMILES string of the molecule is Cc1cc(C#CCN)cc(NC(=O)c2ccc(O)cc2)c1. The fraction of sp³-hybridized carbons (Fsp3) is 0.118. The van der Waals surface area contributed by atoms with Crippen molar-refractivity contribution in [3.05, 3.63) is 59.2 Å². The first kappa shape index (κ1) is 14.6. The number of anilines is 1. The summed E-state index contributed by atoms with van der Waals surface area (Å²) in [6.07, 6.45) is 0. The normalized spacial score (nSPS) is 9.62. The van der Waals surface area contributed by atoms with Gasteiger partial charge in [0.05, 0.1) is 6.54 Å². The highest BCUT2D eigenvalue weighted by Crippen LogP contribution is 2.16. The fourth-order valence-electron chi connectivity index (χ4n) is 1.90. The summed E-state index contributed by atoms with van der Waals surface area (Å²) in [5.41, 5.74) is 8.32. The second kappa shape index (κ2) is 6.60. The standard InChI is InChI=1S/C17H16N2O2/c1-12-9-13(3-2-8-18)11-15(10-12)19-17(21)14-4-6-16(20)7-5-14/h4-7,9-11,20H,8,18H2,1H3,(H,19,21). The average Bonchev–Trinajstić information content (AvgIpc) is 2.45. The molecule has 0 aliphatic heterocycles. The molecular formula is C17H16N2O2. The number of carbonyl (C=O) groups is 1. The van der Waals surface area contributed by atoms with Gasteiger partial charge in [0.15, 0.2) is 0 Å². The van der Waals surface area contributed by atoms with Gasteiger partial charge in [-0.3, -0.25) is 4.79 Å². The van der Waals surface area contributed by atoms with Gasteiger partial charge < -0.3 is 16.2 Å². The number of carbonyl (C=O) groups excluding carboxylic acids is 1. The lowest BCUT2D eigenvalue weighted by Crippen LogP contribution is -2.11. The van der Waals surface area contributed by atoms with E-state index in [1.165, 1.54) is 12.1 Å². The summed E-state index contributed by atoms with van der Waals surface area (Å²) in [5, 5.41) is 12.0. The van der Waals surface area contributed by atoms with E-state index in [1.54, 1.807) is 18.2 Å². The number of aromatic hydroxyl groups is 1. The summed E-state index contributed by atoms with van der Waals surface area (Å²) in [6.45, 7) is 2.23. The molecule has 0 saturated carbocycles. The van der Waals surface area contributed by atoms with Crippen LogP contribution in [0.2, 0.25) is 0 Å². The van der Waals surface area contributed by atoms with E-state index in [4.69, 9.17) is 5.73 Å². The van der Waals surface area contributed by atoms with Gasteiger partial charge in [-0.1, -0.05) is 11.8 Å². The molecule has 0 aromatic heterocycles. The number of phenolic OH excluding ortho intramolecular Hbond substituents is 1. The van der Waals surface area contributed by atoms with Gasteiger partial charge in [0.1, 0.15) is 5.75 Å². The van der Waals surface area contributed by atoms with Crippen molar-refractivity contribution in [3.8, 4) is 17.6 Å². The lowest BCUT2D eigenvalue weighted by molar-refractivity contribution is 0.102. The van der Waals surface area contributed by atoms with Crippen LogP contribution in [-0.4, -0.2) is 17.6 Å². The number of amides is 1. The van der Waals surface area contributed by atoms with Gasteiger partial charge in [0.25, 0.3) is 5.91 Å². The Labute approximate surface area is 123 Å². The Kier molecular flexibility index (Phi) is 4.60. The lowest BCUT2D eigenvalue weighted by atomic mass is 10.1. The number of phenols is 1. The summed E-state index contributed by atoms with van der Waals surface area (Å²) in [5.74, 6) is 5.62.